The van der Waals surface area contributed by atoms with Crippen LogP contribution in [0.25, 0.3) is 10.2 Å². The molecular weight excluding hydrogens is 398 g/mol. The van der Waals surface area contributed by atoms with Crippen molar-refractivity contribution in [3.05, 3.63) is 53.1 Å². The number of carbonyl (C=O) groups excluding carboxylic acids is 1. The number of rotatable bonds is 6. The number of aromatic nitrogens is 1. The number of methoxy groups -OCH3 is 1. The van der Waals surface area contributed by atoms with Crippen molar-refractivity contribution in [2.45, 2.75) is 13.8 Å². The van der Waals surface area contributed by atoms with Crippen molar-refractivity contribution < 1.29 is 14.3 Å². The lowest BCUT2D eigenvalue weighted by Gasteiger charge is -2.29. The van der Waals surface area contributed by atoms with Crippen molar-refractivity contribution in [3.8, 4) is 5.75 Å². The summed E-state index contributed by atoms with van der Waals surface area (Å²) in [5, 5.41) is 0.736. The fourth-order valence-corrected chi connectivity index (χ4v) is 4.64. The fraction of sp³-hybridized carbons (Fsp3) is 0.391. The second-order valence-corrected chi connectivity index (χ2v) is 8.50. The van der Waals surface area contributed by atoms with E-state index in [1.807, 2.05) is 23.1 Å². The summed E-state index contributed by atoms with van der Waals surface area (Å²) in [6.45, 7) is 8.79. The van der Waals surface area contributed by atoms with E-state index in [-0.39, 0.29) is 5.91 Å². The third-order valence-electron chi connectivity index (χ3n) is 5.61. The highest BCUT2D eigenvalue weighted by Gasteiger charge is 2.23. The molecule has 1 aliphatic rings. The Kier molecular flexibility index (Phi) is 6.32. The predicted octanol–water partition coefficient (Wildman–Crippen LogP) is 3.90. The highest BCUT2D eigenvalue weighted by molar-refractivity contribution is 7.22. The highest BCUT2D eigenvalue weighted by Crippen LogP contribution is 2.32. The number of anilines is 1. The summed E-state index contributed by atoms with van der Waals surface area (Å²) in [5.74, 6) is 0.611. The molecule has 0 N–H and O–H groups in total. The van der Waals surface area contributed by atoms with E-state index < -0.39 is 0 Å². The van der Waals surface area contributed by atoms with Gasteiger partial charge in [-0.15, -0.1) is 0 Å². The monoisotopic (exact) mass is 425 g/mol. The van der Waals surface area contributed by atoms with Crippen molar-refractivity contribution in [2.24, 2.45) is 0 Å². The normalized spacial score (nSPS) is 14.8. The first kappa shape index (κ1) is 20.8. The van der Waals surface area contributed by atoms with E-state index in [4.69, 9.17) is 14.5 Å². The van der Waals surface area contributed by atoms with Crippen LogP contribution in [0.1, 0.15) is 21.5 Å². The van der Waals surface area contributed by atoms with Crippen LogP contribution in [-0.2, 0) is 4.74 Å². The van der Waals surface area contributed by atoms with Gasteiger partial charge in [-0.1, -0.05) is 23.5 Å². The minimum absolute atomic E-state index is 0.0596. The van der Waals surface area contributed by atoms with Crippen molar-refractivity contribution in [1.29, 1.82) is 0 Å². The molecule has 0 saturated carbocycles. The molecule has 1 saturated heterocycles. The molecule has 1 amide bonds. The zero-order chi connectivity index (χ0) is 21.1. The average Bonchev–Trinajstić information content (AvgIpc) is 3.22. The lowest BCUT2D eigenvalue weighted by molar-refractivity contribution is 0.0391. The summed E-state index contributed by atoms with van der Waals surface area (Å²) in [6.07, 6.45) is 0. The molecule has 3 aromatic rings. The van der Waals surface area contributed by atoms with E-state index in [0.717, 1.165) is 53.8 Å². The van der Waals surface area contributed by atoms with Crippen molar-refractivity contribution in [2.75, 3.05) is 51.4 Å². The maximum Gasteiger partial charge on any atom is 0.260 e. The number of hydrogen-bond acceptors (Lipinski definition) is 6. The molecule has 0 aliphatic carbocycles. The van der Waals surface area contributed by atoms with Gasteiger partial charge in [0.1, 0.15) is 5.75 Å². The molecule has 0 atom stereocenters. The Morgan fingerprint density at radius 1 is 1.23 bits per heavy atom. The largest absolute Gasteiger partial charge is 0.497 e. The molecule has 0 radical (unpaired) electrons. The highest BCUT2D eigenvalue weighted by atomic mass is 32.1. The topological polar surface area (TPSA) is 54.9 Å². The van der Waals surface area contributed by atoms with Gasteiger partial charge in [0.25, 0.3) is 5.91 Å². The van der Waals surface area contributed by atoms with Crippen LogP contribution < -0.4 is 9.64 Å². The molecule has 0 unspecified atom stereocenters. The van der Waals surface area contributed by atoms with Crippen LogP contribution in [0.5, 0.6) is 5.75 Å². The Hall–Kier alpha value is -2.48. The van der Waals surface area contributed by atoms with Crippen molar-refractivity contribution in [3.63, 3.8) is 0 Å². The van der Waals surface area contributed by atoms with E-state index in [2.05, 4.69) is 30.9 Å². The van der Waals surface area contributed by atoms with Gasteiger partial charge in [-0.2, -0.15) is 0 Å². The number of morpholine rings is 1. The molecule has 0 bridgehead atoms. The third-order valence-corrected chi connectivity index (χ3v) is 6.65. The summed E-state index contributed by atoms with van der Waals surface area (Å²) in [4.78, 5) is 22.5. The number of thiazole rings is 1. The number of nitrogens with zero attached hydrogens (tertiary/aromatic N) is 3. The molecule has 0 spiro atoms. The number of hydrogen-bond donors (Lipinski definition) is 0. The number of aryl methyl sites for hydroxylation is 2. The fourth-order valence-electron chi connectivity index (χ4n) is 3.59. The molecule has 158 valence electrons. The third kappa shape index (κ3) is 4.33. The zero-order valence-electron chi connectivity index (χ0n) is 17.7. The summed E-state index contributed by atoms with van der Waals surface area (Å²) < 4.78 is 11.9. The lowest BCUT2D eigenvalue weighted by atomic mass is 10.1. The first-order chi connectivity index (χ1) is 14.6. The predicted molar refractivity (Wildman–Crippen MR) is 121 cm³/mol. The maximum atomic E-state index is 13.5. The number of benzene rings is 2. The average molecular weight is 426 g/mol. The van der Waals surface area contributed by atoms with Crippen LogP contribution in [-0.4, -0.2) is 62.3 Å². The van der Waals surface area contributed by atoms with Gasteiger partial charge in [0.2, 0.25) is 0 Å². The first-order valence-corrected chi connectivity index (χ1v) is 11.0. The van der Waals surface area contributed by atoms with Gasteiger partial charge in [-0.05, 0) is 49.2 Å². The second-order valence-electron chi connectivity index (χ2n) is 7.49. The second kappa shape index (κ2) is 9.12. The van der Waals surface area contributed by atoms with Crippen LogP contribution in [0.15, 0.2) is 36.4 Å². The summed E-state index contributed by atoms with van der Waals surface area (Å²) in [6, 6.07) is 11.5. The summed E-state index contributed by atoms with van der Waals surface area (Å²) in [7, 11) is 1.61. The van der Waals surface area contributed by atoms with Crippen LogP contribution in [0.3, 0.4) is 0 Å². The molecule has 1 aliphatic heterocycles. The minimum Gasteiger partial charge on any atom is -0.497 e. The standard InChI is InChI=1S/C23H27N3O3S/c1-16-7-8-20-21(17(16)2)24-23(30-20)26(10-9-25-11-13-29-14-12-25)22(27)18-5-4-6-19(15-18)28-3/h4-8,15H,9-14H2,1-3H3. The van der Waals surface area contributed by atoms with E-state index in [9.17, 15) is 4.79 Å². The summed E-state index contributed by atoms with van der Waals surface area (Å²) in [5.41, 5.74) is 3.95. The quantitative estimate of drug-likeness (QED) is 0.600. The maximum absolute atomic E-state index is 13.5. The molecule has 2 aromatic carbocycles. The lowest BCUT2D eigenvalue weighted by Crippen LogP contribution is -2.43. The molecular formula is C23H27N3O3S. The number of ether oxygens (including phenoxy) is 2. The molecule has 4 rings (SSSR count). The van der Waals surface area contributed by atoms with E-state index in [1.54, 1.807) is 24.5 Å². The van der Waals surface area contributed by atoms with E-state index in [0.29, 0.717) is 17.9 Å². The van der Waals surface area contributed by atoms with Crippen molar-refractivity contribution >= 4 is 32.6 Å². The first-order valence-electron chi connectivity index (χ1n) is 10.2. The van der Waals surface area contributed by atoms with Crippen molar-refractivity contribution in [1.82, 2.24) is 9.88 Å². The van der Waals surface area contributed by atoms with Crippen LogP contribution in [0.2, 0.25) is 0 Å². The molecule has 6 nitrogen and oxygen atoms in total. The Bertz CT molecular complexity index is 1040. The Balaban J connectivity index is 1.67. The minimum atomic E-state index is -0.0596. The van der Waals surface area contributed by atoms with Gasteiger partial charge in [0.05, 0.1) is 30.5 Å². The van der Waals surface area contributed by atoms with Gasteiger partial charge < -0.3 is 9.47 Å². The Morgan fingerprint density at radius 2 is 2.03 bits per heavy atom. The summed E-state index contributed by atoms with van der Waals surface area (Å²) >= 11 is 1.57. The SMILES string of the molecule is COc1cccc(C(=O)N(CCN2CCOCC2)c2nc3c(C)c(C)ccc3s2)c1. The van der Waals surface area contributed by atoms with Gasteiger partial charge in [0, 0.05) is 31.7 Å². The molecule has 30 heavy (non-hydrogen) atoms. The molecule has 2 heterocycles. The smallest absolute Gasteiger partial charge is 0.260 e. The van der Waals surface area contributed by atoms with E-state index in [1.165, 1.54) is 5.56 Å². The number of amides is 1. The van der Waals surface area contributed by atoms with Gasteiger partial charge in [-0.25, -0.2) is 4.98 Å². The van der Waals surface area contributed by atoms with Gasteiger partial charge in [-0.3, -0.25) is 14.6 Å². The van der Waals surface area contributed by atoms with Crippen LogP contribution in [0, 0.1) is 13.8 Å². The van der Waals surface area contributed by atoms with Gasteiger partial charge in [0.15, 0.2) is 5.13 Å². The molecule has 1 aromatic heterocycles. The van der Waals surface area contributed by atoms with E-state index >= 15 is 0 Å². The molecule has 7 heteroatoms. The Labute approximate surface area is 181 Å². The van der Waals surface area contributed by atoms with Crippen LogP contribution >= 0.6 is 11.3 Å². The number of carbonyl (C=O) groups is 1. The molecule has 1 fully saturated rings. The van der Waals surface area contributed by atoms with Gasteiger partial charge >= 0.3 is 0 Å². The number of fused-ring (bicyclic) bond motifs is 1. The Morgan fingerprint density at radius 3 is 2.80 bits per heavy atom. The zero-order valence-corrected chi connectivity index (χ0v) is 18.5. The van der Waals surface area contributed by atoms with Crippen LogP contribution in [0.4, 0.5) is 5.13 Å².